The molecule has 5 nitrogen and oxygen atoms in total. The topological polar surface area (TPSA) is 55.1 Å². The molecular formula is C21H17F4N5. The van der Waals surface area contributed by atoms with Crippen LogP contribution in [0.5, 0.6) is 0 Å². The zero-order valence-corrected chi connectivity index (χ0v) is 16.1. The molecule has 4 aromatic rings. The molecule has 1 N–H and O–H groups in total. The highest BCUT2D eigenvalue weighted by atomic mass is 19.4. The molecule has 0 aliphatic heterocycles. The van der Waals surface area contributed by atoms with E-state index in [0.29, 0.717) is 35.1 Å². The summed E-state index contributed by atoms with van der Waals surface area (Å²) in [5.41, 5.74) is 1.61. The van der Waals surface area contributed by atoms with E-state index in [1.807, 2.05) is 0 Å². The molecule has 2 heterocycles. The molecule has 0 spiro atoms. The zero-order valence-electron chi connectivity index (χ0n) is 16.1. The molecule has 0 aliphatic carbocycles. The van der Waals surface area contributed by atoms with Gasteiger partial charge in [-0.05, 0) is 49.7 Å². The molecule has 0 saturated heterocycles. The van der Waals surface area contributed by atoms with E-state index in [1.54, 1.807) is 32.0 Å². The van der Waals surface area contributed by atoms with Gasteiger partial charge in [0, 0.05) is 23.4 Å². The van der Waals surface area contributed by atoms with Crippen LogP contribution in [0, 0.1) is 19.7 Å². The van der Waals surface area contributed by atoms with E-state index in [9.17, 15) is 17.6 Å². The quantitative estimate of drug-likeness (QED) is 0.464. The van der Waals surface area contributed by atoms with Crippen molar-refractivity contribution in [1.82, 2.24) is 19.6 Å². The number of anilines is 2. The lowest BCUT2D eigenvalue weighted by Crippen LogP contribution is -2.08. The molecule has 0 bridgehead atoms. The van der Waals surface area contributed by atoms with Crippen molar-refractivity contribution in [3.8, 4) is 0 Å². The summed E-state index contributed by atoms with van der Waals surface area (Å²) >= 11 is 0. The Morgan fingerprint density at radius 2 is 1.77 bits per heavy atom. The number of aromatic nitrogens is 4. The van der Waals surface area contributed by atoms with Gasteiger partial charge in [-0.15, -0.1) is 5.10 Å². The van der Waals surface area contributed by atoms with Gasteiger partial charge < -0.3 is 5.32 Å². The van der Waals surface area contributed by atoms with Crippen molar-refractivity contribution in [1.29, 1.82) is 0 Å². The second-order valence-electron chi connectivity index (χ2n) is 6.92. The van der Waals surface area contributed by atoms with Crippen LogP contribution < -0.4 is 5.32 Å². The molecule has 2 aromatic heterocycles. The minimum absolute atomic E-state index is 0.266. The Morgan fingerprint density at radius 1 is 1.00 bits per heavy atom. The van der Waals surface area contributed by atoms with Crippen molar-refractivity contribution in [2.75, 3.05) is 5.32 Å². The van der Waals surface area contributed by atoms with Crippen molar-refractivity contribution in [3.63, 3.8) is 0 Å². The maximum Gasteiger partial charge on any atom is 0.416 e. The Hall–Kier alpha value is -3.49. The largest absolute Gasteiger partial charge is 0.416 e. The Kier molecular flexibility index (Phi) is 4.89. The van der Waals surface area contributed by atoms with Crippen LogP contribution in [0.4, 0.5) is 29.1 Å². The van der Waals surface area contributed by atoms with Crippen LogP contribution in [0.3, 0.4) is 0 Å². The lowest BCUT2D eigenvalue weighted by Gasteiger charge is -2.14. The predicted molar refractivity (Wildman–Crippen MR) is 104 cm³/mol. The van der Waals surface area contributed by atoms with Gasteiger partial charge >= 0.3 is 6.18 Å². The number of nitrogens with zero attached hydrogens (tertiary/aromatic N) is 4. The highest BCUT2D eigenvalue weighted by Gasteiger charge is 2.30. The van der Waals surface area contributed by atoms with Crippen LogP contribution in [-0.2, 0) is 12.6 Å². The maximum atomic E-state index is 13.5. The fourth-order valence-corrected chi connectivity index (χ4v) is 3.09. The van der Waals surface area contributed by atoms with E-state index < -0.39 is 11.7 Å². The third-order valence-electron chi connectivity index (χ3n) is 4.72. The summed E-state index contributed by atoms with van der Waals surface area (Å²) in [5, 5.41) is 7.46. The molecule has 2 aromatic carbocycles. The van der Waals surface area contributed by atoms with E-state index in [1.165, 1.54) is 22.7 Å². The summed E-state index contributed by atoms with van der Waals surface area (Å²) in [4.78, 5) is 8.81. The monoisotopic (exact) mass is 415 g/mol. The third kappa shape index (κ3) is 3.96. The molecular weight excluding hydrogens is 398 g/mol. The van der Waals surface area contributed by atoms with Gasteiger partial charge in [0.1, 0.15) is 11.6 Å². The first kappa shape index (κ1) is 19.8. The second-order valence-corrected chi connectivity index (χ2v) is 6.92. The third-order valence-corrected chi connectivity index (χ3v) is 4.72. The van der Waals surface area contributed by atoms with Crippen molar-refractivity contribution >= 4 is 17.3 Å². The fraction of sp³-hybridized carbons (Fsp3) is 0.190. The van der Waals surface area contributed by atoms with Gasteiger partial charge in [-0.2, -0.15) is 22.7 Å². The average Bonchev–Trinajstić information content (AvgIpc) is 3.07. The van der Waals surface area contributed by atoms with Gasteiger partial charge in [-0.1, -0.05) is 18.2 Å². The fourth-order valence-electron chi connectivity index (χ4n) is 3.09. The second kappa shape index (κ2) is 7.40. The molecule has 0 atom stereocenters. The van der Waals surface area contributed by atoms with E-state index >= 15 is 0 Å². The molecule has 0 fully saturated rings. The molecule has 0 saturated carbocycles. The lowest BCUT2D eigenvalue weighted by molar-refractivity contribution is -0.137. The smallest absolute Gasteiger partial charge is 0.340 e. The number of rotatable bonds is 4. The Morgan fingerprint density at radius 3 is 2.50 bits per heavy atom. The molecule has 4 rings (SSSR count). The number of hydrogen-bond acceptors (Lipinski definition) is 4. The van der Waals surface area contributed by atoms with Crippen LogP contribution >= 0.6 is 0 Å². The summed E-state index contributed by atoms with van der Waals surface area (Å²) in [7, 11) is 0. The van der Waals surface area contributed by atoms with Crippen molar-refractivity contribution < 1.29 is 17.6 Å². The molecule has 154 valence electrons. The first-order valence-corrected chi connectivity index (χ1v) is 9.12. The van der Waals surface area contributed by atoms with Gasteiger partial charge in [-0.25, -0.2) is 9.37 Å². The predicted octanol–water partition coefficient (Wildman–Crippen LogP) is 5.23. The van der Waals surface area contributed by atoms with Crippen LogP contribution in [-0.4, -0.2) is 19.6 Å². The van der Waals surface area contributed by atoms with E-state index in [0.717, 1.165) is 17.7 Å². The van der Waals surface area contributed by atoms with Crippen LogP contribution in [0.25, 0.3) is 5.78 Å². The maximum absolute atomic E-state index is 13.5. The number of fused-ring (bicyclic) bond motifs is 1. The minimum Gasteiger partial charge on any atom is -0.340 e. The highest BCUT2D eigenvalue weighted by Crippen LogP contribution is 2.32. The Balaban J connectivity index is 1.74. The van der Waals surface area contributed by atoms with Gasteiger partial charge in [0.15, 0.2) is 5.82 Å². The van der Waals surface area contributed by atoms with E-state index in [-0.39, 0.29) is 11.5 Å². The number of halogens is 4. The average molecular weight is 415 g/mol. The number of hydrogen-bond donors (Lipinski definition) is 1. The molecule has 0 amide bonds. The van der Waals surface area contributed by atoms with Crippen LogP contribution in [0.2, 0.25) is 0 Å². The first-order chi connectivity index (χ1) is 14.2. The molecule has 30 heavy (non-hydrogen) atoms. The molecule has 0 radical (unpaired) electrons. The highest BCUT2D eigenvalue weighted by molar-refractivity contribution is 5.63. The lowest BCUT2D eigenvalue weighted by atomic mass is 10.1. The summed E-state index contributed by atoms with van der Waals surface area (Å²) in [6.45, 7) is 3.58. The van der Waals surface area contributed by atoms with Gasteiger partial charge in [0.25, 0.3) is 5.78 Å². The van der Waals surface area contributed by atoms with Gasteiger partial charge in [-0.3, -0.25) is 0 Å². The van der Waals surface area contributed by atoms with E-state index in [2.05, 4.69) is 20.4 Å². The zero-order chi connectivity index (χ0) is 21.5. The number of benzene rings is 2. The molecule has 9 heteroatoms. The van der Waals surface area contributed by atoms with Gasteiger partial charge in [0.2, 0.25) is 0 Å². The van der Waals surface area contributed by atoms with Crippen molar-refractivity contribution in [2.45, 2.75) is 26.4 Å². The number of alkyl halides is 3. The number of nitrogens with one attached hydrogen (secondary N) is 1. The molecule has 0 unspecified atom stereocenters. The first-order valence-electron chi connectivity index (χ1n) is 9.12. The normalized spacial score (nSPS) is 11.8. The standard InChI is InChI=1S/C21H17F4N5/c1-12-13(2)26-20-28-18(10-14-5-3-7-16(22)9-14)29-30(20)19(12)27-17-8-4-6-15(11-17)21(23,24)25/h3-9,11,27H,10H2,1-2H3. The summed E-state index contributed by atoms with van der Waals surface area (Å²) in [5.74, 6) is 0.840. The van der Waals surface area contributed by atoms with Crippen LogP contribution in [0.1, 0.15) is 28.2 Å². The summed E-state index contributed by atoms with van der Waals surface area (Å²) in [6, 6.07) is 11.0. The summed E-state index contributed by atoms with van der Waals surface area (Å²) < 4.78 is 54.1. The van der Waals surface area contributed by atoms with Crippen molar-refractivity contribution in [3.05, 3.63) is 82.6 Å². The Bertz CT molecular complexity index is 1230. The Labute approximate surface area is 169 Å². The van der Waals surface area contributed by atoms with Crippen LogP contribution in [0.15, 0.2) is 48.5 Å². The SMILES string of the molecule is Cc1nc2nc(Cc3cccc(F)c3)nn2c(Nc2cccc(C(F)(F)F)c2)c1C. The summed E-state index contributed by atoms with van der Waals surface area (Å²) in [6.07, 6.45) is -4.15. The van der Waals surface area contributed by atoms with E-state index in [4.69, 9.17) is 0 Å². The van der Waals surface area contributed by atoms with Crippen molar-refractivity contribution in [2.24, 2.45) is 0 Å². The van der Waals surface area contributed by atoms with Gasteiger partial charge in [0.05, 0.1) is 5.56 Å². The molecule has 0 aliphatic rings. The minimum atomic E-state index is -4.44. The number of aryl methyl sites for hydroxylation is 1.